The molecule has 2 unspecified atom stereocenters. The molecular weight excluding hydrogens is 512 g/mol. The zero-order chi connectivity index (χ0) is 29.3. The van der Waals surface area contributed by atoms with Crippen LogP contribution in [0, 0.1) is 5.92 Å². The highest BCUT2D eigenvalue weighted by Crippen LogP contribution is 2.39. The minimum absolute atomic E-state index is 0.109. The van der Waals surface area contributed by atoms with Crippen LogP contribution in [-0.2, 0) is 30.4 Å². The molecule has 1 N–H and O–H groups in total. The van der Waals surface area contributed by atoms with Crippen LogP contribution in [0.3, 0.4) is 0 Å². The van der Waals surface area contributed by atoms with Crippen molar-refractivity contribution >= 4 is 23.9 Å². The van der Waals surface area contributed by atoms with Crippen molar-refractivity contribution in [3.63, 3.8) is 0 Å². The third-order valence-corrected chi connectivity index (χ3v) is 7.44. The van der Waals surface area contributed by atoms with Gasteiger partial charge in [-0.2, -0.15) is 0 Å². The van der Waals surface area contributed by atoms with E-state index in [9.17, 15) is 24.3 Å². The predicted octanol–water partition coefficient (Wildman–Crippen LogP) is 5.13. The SMILES string of the molecule is CCOC(=O)CC(=O)N(Cc1ccc(-c2ccccc2)cc1)C1(CC(=O)OC)CCN(C(=O)O)C(CC(C)C)C1. The molecule has 0 aliphatic carbocycles. The molecule has 1 heterocycles. The number of methoxy groups -OCH3 is 1. The second-order valence-corrected chi connectivity index (χ2v) is 10.7. The van der Waals surface area contributed by atoms with Gasteiger partial charge in [0.05, 0.1) is 25.7 Å². The Hall–Kier alpha value is -3.88. The molecule has 40 heavy (non-hydrogen) atoms. The highest BCUT2D eigenvalue weighted by atomic mass is 16.5. The minimum atomic E-state index is -1.04. The van der Waals surface area contributed by atoms with Gasteiger partial charge in [-0.3, -0.25) is 14.4 Å². The molecule has 9 nitrogen and oxygen atoms in total. The van der Waals surface area contributed by atoms with Crippen LogP contribution in [0.4, 0.5) is 4.79 Å². The second-order valence-electron chi connectivity index (χ2n) is 10.7. The maximum atomic E-state index is 13.8. The first-order chi connectivity index (χ1) is 19.1. The normalized spacial score (nSPS) is 18.7. The molecule has 216 valence electrons. The van der Waals surface area contributed by atoms with E-state index >= 15 is 0 Å². The number of ether oxygens (including phenoxy) is 2. The topological polar surface area (TPSA) is 113 Å². The molecule has 2 aromatic carbocycles. The van der Waals surface area contributed by atoms with Gasteiger partial charge in [0.1, 0.15) is 6.42 Å². The summed E-state index contributed by atoms with van der Waals surface area (Å²) in [4.78, 5) is 54.0. The number of esters is 2. The van der Waals surface area contributed by atoms with Crippen molar-refractivity contribution in [3.8, 4) is 11.1 Å². The van der Waals surface area contributed by atoms with Gasteiger partial charge in [0.25, 0.3) is 0 Å². The lowest BCUT2D eigenvalue weighted by Gasteiger charge is -2.51. The third-order valence-electron chi connectivity index (χ3n) is 7.44. The van der Waals surface area contributed by atoms with E-state index in [1.165, 1.54) is 12.0 Å². The largest absolute Gasteiger partial charge is 0.469 e. The second kappa shape index (κ2) is 14.0. The minimum Gasteiger partial charge on any atom is -0.469 e. The van der Waals surface area contributed by atoms with Crippen molar-refractivity contribution in [2.45, 2.75) is 71.0 Å². The smallest absolute Gasteiger partial charge is 0.407 e. The summed E-state index contributed by atoms with van der Waals surface area (Å²) in [5.74, 6) is -1.43. The van der Waals surface area contributed by atoms with E-state index in [0.717, 1.165) is 16.7 Å². The number of carbonyl (C=O) groups is 4. The molecule has 0 radical (unpaired) electrons. The monoisotopic (exact) mass is 552 g/mol. The van der Waals surface area contributed by atoms with Crippen molar-refractivity contribution in [2.24, 2.45) is 5.92 Å². The van der Waals surface area contributed by atoms with Gasteiger partial charge in [0, 0.05) is 19.1 Å². The van der Waals surface area contributed by atoms with Gasteiger partial charge in [-0.05, 0) is 48.8 Å². The Labute approximate surface area is 236 Å². The molecular formula is C31H40N2O7. The lowest BCUT2D eigenvalue weighted by Crippen LogP contribution is -2.62. The van der Waals surface area contributed by atoms with Crippen LogP contribution in [0.5, 0.6) is 0 Å². The lowest BCUT2D eigenvalue weighted by atomic mass is 9.76. The molecule has 0 bridgehead atoms. The molecule has 0 spiro atoms. The summed E-state index contributed by atoms with van der Waals surface area (Å²) in [5, 5.41) is 9.89. The number of amides is 2. The van der Waals surface area contributed by atoms with E-state index in [4.69, 9.17) is 9.47 Å². The molecule has 9 heteroatoms. The Morgan fingerprint density at radius 2 is 1.68 bits per heavy atom. The number of benzene rings is 2. The van der Waals surface area contributed by atoms with Gasteiger partial charge < -0.3 is 24.4 Å². The van der Waals surface area contributed by atoms with Crippen molar-refractivity contribution in [1.29, 1.82) is 0 Å². The van der Waals surface area contributed by atoms with Crippen molar-refractivity contribution in [2.75, 3.05) is 20.3 Å². The highest BCUT2D eigenvalue weighted by molar-refractivity contribution is 5.95. The first-order valence-corrected chi connectivity index (χ1v) is 13.8. The van der Waals surface area contributed by atoms with Crippen LogP contribution in [0.2, 0.25) is 0 Å². The number of hydrogen-bond acceptors (Lipinski definition) is 6. The number of hydrogen-bond donors (Lipinski definition) is 1. The average Bonchev–Trinajstić information content (AvgIpc) is 2.92. The highest BCUT2D eigenvalue weighted by Gasteiger charge is 2.48. The number of carbonyl (C=O) groups excluding carboxylic acids is 3. The number of likely N-dealkylation sites (tertiary alicyclic amines) is 1. The van der Waals surface area contributed by atoms with Gasteiger partial charge >= 0.3 is 18.0 Å². The summed E-state index contributed by atoms with van der Waals surface area (Å²) < 4.78 is 10.1. The van der Waals surface area contributed by atoms with E-state index in [0.29, 0.717) is 6.42 Å². The van der Waals surface area contributed by atoms with Gasteiger partial charge in [-0.15, -0.1) is 0 Å². The van der Waals surface area contributed by atoms with Crippen molar-refractivity contribution in [1.82, 2.24) is 9.80 Å². The fraction of sp³-hybridized carbons (Fsp3) is 0.484. The molecule has 1 fully saturated rings. The van der Waals surface area contributed by atoms with Crippen LogP contribution in [0.25, 0.3) is 11.1 Å². The zero-order valence-electron chi connectivity index (χ0n) is 23.8. The fourth-order valence-electron chi connectivity index (χ4n) is 5.58. The number of nitrogens with zero attached hydrogens (tertiary/aromatic N) is 2. The third kappa shape index (κ3) is 7.83. The van der Waals surface area contributed by atoms with E-state index in [-0.39, 0.29) is 44.9 Å². The van der Waals surface area contributed by atoms with Gasteiger partial charge in [-0.1, -0.05) is 68.4 Å². The van der Waals surface area contributed by atoms with Gasteiger partial charge in [0.15, 0.2) is 0 Å². The fourth-order valence-corrected chi connectivity index (χ4v) is 5.58. The first-order valence-electron chi connectivity index (χ1n) is 13.8. The Bertz CT molecular complexity index is 1170. The van der Waals surface area contributed by atoms with Crippen LogP contribution in [0.1, 0.15) is 58.4 Å². The van der Waals surface area contributed by atoms with Crippen LogP contribution in [0.15, 0.2) is 54.6 Å². The first kappa shape index (κ1) is 30.7. The predicted molar refractivity (Wildman–Crippen MR) is 150 cm³/mol. The molecule has 1 aliphatic heterocycles. The molecule has 0 aromatic heterocycles. The Morgan fingerprint density at radius 3 is 2.25 bits per heavy atom. The van der Waals surface area contributed by atoms with Crippen molar-refractivity contribution in [3.05, 3.63) is 60.2 Å². The quantitative estimate of drug-likeness (QED) is 0.304. The summed E-state index contributed by atoms with van der Waals surface area (Å²) >= 11 is 0. The standard InChI is InChI=1S/C31H40N2O7/c1-5-40-28(35)18-27(34)33(21-23-11-13-25(14-12-23)24-9-7-6-8-10-24)31(20-29(36)39-4)15-16-32(30(37)38)26(19-31)17-22(2)3/h6-14,22,26H,5,15-21H2,1-4H3,(H,37,38). The average molecular weight is 553 g/mol. The summed E-state index contributed by atoms with van der Waals surface area (Å²) in [6, 6.07) is 17.3. The number of piperidine rings is 1. The summed E-state index contributed by atoms with van der Waals surface area (Å²) in [7, 11) is 1.29. The number of rotatable bonds is 11. The molecule has 1 aliphatic rings. The van der Waals surface area contributed by atoms with E-state index in [1.54, 1.807) is 11.8 Å². The van der Waals surface area contributed by atoms with Crippen LogP contribution >= 0.6 is 0 Å². The molecule has 1 saturated heterocycles. The maximum Gasteiger partial charge on any atom is 0.407 e. The molecule has 2 atom stereocenters. The molecule has 3 rings (SSSR count). The van der Waals surface area contributed by atoms with E-state index in [2.05, 4.69) is 0 Å². The number of carboxylic acid groups (broad SMARTS) is 1. The molecule has 0 saturated carbocycles. The van der Waals surface area contributed by atoms with E-state index < -0.39 is 41.9 Å². The van der Waals surface area contributed by atoms with Crippen LogP contribution < -0.4 is 0 Å². The van der Waals surface area contributed by atoms with Crippen LogP contribution in [-0.4, -0.2) is 70.7 Å². The molecule has 2 aromatic rings. The Kier molecular flexibility index (Phi) is 10.7. The molecule has 2 amide bonds. The Balaban J connectivity index is 2.02. The lowest BCUT2D eigenvalue weighted by molar-refractivity contribution is -0.156. The van der Waals surface area contributed by atoms with E-state index in [1.807, 2.05) is 68.4 Å². The zero-order valence-corrected chi connectivity index (χ0v) is 23.8. The maximum absolute atomic E-state index is 13.8. The van der Waals surface area contributed by atoms with Gasteiger partial charge in [-0.25, -0.2) is 4.79 Å². The Morgan fingerprint density at radius 1 is 1.02 bits per heavy atom. The summed E-state index contributed by atoms with van der Waals surface area (Å²) in [5.41, 5.74) is 1.86. The van der Waals surface area contributed by atoms with Crippen molar-refractivity contribution < 1.29 is 33.8 Å². The summed E-state index contributed by atoms with van der Waals surface area (Å²) in [6.45, 7) is 6.13. The van der Waals surface area contributed by atoms with Gasteiger partial charge in [0.2, 0.25) is 5.91 Å². The summed E-state index contributed by atoms with van der Waals surface area (Å²) in [6.07, 6.45) is -0.555.